The molecule has 1 N–H and O–H groups in total. The molecule has 2 heterocycles. The van der Waals surface area contributed by atoms with Gasteiger partial charge in [-0.1, -0.05) is 13.8 Å². The fourth-order valence-corrected chi connectivity index (χ4v) is 3.20. The van der Waals surface area contributed by atoms with Gasteiger partial charge in [0.05, 0.1) is 18.3 Å². The molecule has 2 aromatic heterocycles. The summed E-state index contributed by atoms with van der Waals surface area (Å²) in [6, 6.07) is 8.43. The number of nitrogens with zero attached hydrogens (tertiary/aromatic N) is 2. The van der Waals surface area contributed by atoms with E-state index >= 15 is 0 Å². The van der Waals surface area contributed by atoms with Crippen molar-refractivity contribution in [3.8, 4) is 17.1 Å². The Kier molecular flexibility index (Phi) is 6.15. The van der Waals surface area contributed by atoms with Gasteiger partial charge < -0.3 is 10.1 Å². The lowest BCUT2D eigenvalue weighted by atomic mass is 10.1. The topological polar surface area (TPSA) is 47.0 Å². The number of aromatic nitrogens is 2. The van der Waals surface area contributed by atoms with Crippen LogP contribution in [0, 0.1) is 6.92 Å². The van der Waals surface area contributed by atoms with Crippen LogP contribution in [-0.4, -0.2) is 23.1 Å². The van der Waals surface area contributed by atoms with E-state index in [0.717, 1.165) is 33.2 Å². The quantitative estimate of drug-likeness (QED) is 0.677. The van der Waals surface area contributed by atoms with Crippen molar-refractivity contribution in [2.24, 2.45) is 0 Å². The van der Waals surface area contributed by atoms with Gasteiger partial charge in [0.2, 0.25) is 0 Å². The van der Waals surface area contributed by atoms with Crippen LogP contribution in [0.15, 0.2) is 29.6 Å². The van der Waals surface area contributed by atoms with E-state index in [0.29, 0.717) is 6.04 Å². The van der Waals surface area contributed by atoms with Crippen molar-refractivity contribution in [1.29, 1.82) is 0 Å². The first kappa shape index (κ1) is 18.2. The van der Waals surface area contributed by atoms with E-state index in [9.17, 15) is 0 Å². The predicted octanol–water partition coefficient (Wildman–Crippen LogP) is 5.52. The molecule has 0 aliphatic carbocycles. The fraction of sp³-hybridized carbons (Fsp3) is 0.368. The Labute approximate surface area is 147 Å². The molecule has 0 saturated carbocycles. The van der Waals surface area contributed by atoms with Crippen LogP contribution in [0.2, 0.25) is 0 Å². The number of hydrogen-bond acceptors (Lipinski definition) is 5. The molecule has 128 valence electrons. The number of nitrogens with one attached hydrogen (secondary N) is 1. The normalized spacial score (nSPS) is 10.5. The molecule has 0 bridgehead atoms. The number of fused-ring (bicyclic) bond motifs is 1. The van der Waals surface area contributed by atoms with Crippen LogP contribution in [-0.2, 0) is 0 Å². The zero-order valence-corrected chi connectivity index (χ0v) is 16.0. The molecule has 0 fully saturated rings. The first-order chi connectivity index (χ1) is 11.6. The Balaban J connectivity index is 0.00000100. The third kappa shape index (κ3) is 4.03. The largest absolute Gasteiger partial charge is 0.497 e. The molecule has 24 heavy (non-hydrogen) atoms. The third-order valence-corrected chi connectivity index (χ3v) is 4.18. The maximum Gasteiger partial charge on any atom is 0.183 e. The zero-order valence-electron chi connectivity index (χ0n) is 15.2. The molecule has 5 heteroatoms. The van der Waals surface area contributed by atoms with Gasteiger partial charge in [-0.25, -0.2) is 9.97 Å². The minimum absolute atomic E-state index is 0.370. The van der Waals surface area contributed by atoms with Crippen LogP contribution in [0.25, 0.3) is 22.3 Å². The van der Waals surface area contributed by atoms with Crippen LogP contribution in [0.3, 0.4) is 0 Å². The van der Waals surface area contributed by atoms with Gasteiger partial charge in [0.25, 0.3) is 0 Å². The Morgan fingerprint density at radius 1 is 1.08 bits per heavy atom. The van der Waals surface area contributed by atoms with E-state index in [1.54, 1.807) is 18.4 Å². The monoisotopic (exact) mass is 343 g/mol. The van der Waals surface area contributed by atoms with Crippen molar-refractivity contribution >= 4 is 27.4 Å². The number of ether oxygens (including phenoxy) is 1. The number of rotatable bonds is 4. The summed E-state index contributed by atoms with van der Waals surface area (Å²) < 4.78 is 5.29. The minimum Gasteiger partial charge on any atom is -0.497 e. The Bertz CT molecular complexity index is 811. The summed E-state index contributed by atoms with van der Waals surface area (Å²) in [7, 11) is 1.67. The van der Waals surface area contributed by atoms with Crippen molar-refractivity contribution in [2.45, 2.75) is 40.7 Å². The van der Waals surface area contributed by atoms with Crippen LogP contribution in [0.5, 0.6) is 5.75 Å². The summed E-state index contributed by atoms with van der Waals surface area (Å²) in [4.78, 5) is 9.37. The molecule has 3 aromatic rings. The van der Waals surface area contributed by atoms with Gasteiger partial charge in [-0.15, -0.1) is 11.3 Å². The molecule has 0 amide bonds. The third-order valence-electron chi connectivity index (χ3n) is 3.40. The number of pyridine rings is 1. The predicted molar refractivity (Wildman–Crippen MR) is 104 cm³/mol. The molecule has 0 radical (unpaired) electrons. The highest BCUT2D eigenvalue weighted by molar-refractivity contribution is 7.14. The van der Waals surface area contributed by atoms with Gasteiger partial charge in [0.1, 0.15) is 11.4 Å². The molecule has 0 unspecified atom stereocenters. The second-order valence-corrected chi connectivity index (χ2v) is 6.40. The molecular formula is C19H25N3OS. The van der Waals surface area contributed by atoms with E-state index in [1.807, 2.05) is 37.4 Å². The summed E-state index contributed by atoms with van der Waals surface area (Å²) in [5.74, 6) is 0.817. The lowest BCUT2D eigenvalue weighted by molar-refractivity contribution is 0.415. The second-order valence-electron chi connectivity index (χ2n) is 5.54. The first-order valence-electron chi connectivity index (χ1n) is 8.24. The molecular weight excluding hydrogens is 318 g/mol. The number of anilines is 1. The van der Waals surface area contributed by atoms with Gasteiger partial charge in [0, 0.05) is 22.9 Å². The Morgan fingerprint density at radius 2 is 1.83 bits per heavy atom. The fourth-order valence-electron chi connectivity index (χ4n) is 2.35. The zero-order chi connectivity index (χ0) is 17.7. The van der Waals surface area contributed by atoms with Crippen molar-refractivity contribution in [2.75, 3.05) is 12.4 Å². The Hall–Kier alpha value is -2.14. The van der Waals surface area contributed by atoms with Gasteiger partial charge in [-0.2, -0.15) is 0 Å². The van der Waals surface area contributed by atoms with Gasteiger partial charge in [-0.05, 0) is 44.5 Å². The van der Waals surface area contributed by atoms with E-state index in [-0.39, 0.29) is 0 Å². The van der Waals surface area contributed by atoms with Crippen molar-refractivity contribution in [3.63, 3.8) is 0 Å². The number of aryl methyl sites for hydroxylation is 1. The van der Waals surface area contributed by atoms with E-state index in [4.69, 9.17) is 9.72 Å². The highest BCUT2D eigenvalue weighted by Crippen LogP contribution is 2.29. The van der Waals surface area contributed by atoms with Crippen LogP contribution >= 0.6 is 11.3 Å². The van der Waals surface area contributed by atoms with Crippen molar-refractivity contribution in [1.82, 2.24) is 9.97 Å². The van der Waals surface area contributed by atoms with Gasteiger partial charge in [0.15, 0.2) is 5.13 Å². The van der Waals surface area contributed by atoms with Crippen molar-refractivity contribution < 1.29 is 4.74 Å². The summed E-state index contributed by atoms with van der Waals surface area (Å²) in [5, 5.41) is 7.43. The molecule has 0 spiro atoms. The smallest absolute Gasteiger partial charge is 0.183 e. The number of benzene rings is 1. The molecule has 0 aliphatic rings. The minimum atomic E-state index is 0.370. The molecule has 0 saturated heterocycles. The standard InChI is InChI=1S/C17H19N3OS.C2H6/c1-10(2)18-17-20-16(9-22-17)15-7-11(3)13-6-5-12(21-4)8-14(13)19-15;1-2/h5-10H,1-4H3,(H,18,20);1-2H3. The molecule has 0 atom stereocenters. The average molecular weight is 343 g/mol. The molecule has 0 aliphatic heterocycles. The number of methoxy groups -OCH3 is 1. The van der Waals surface area contributed by atoms with Crippen LogP contribution < -0.4 is 10.1 Å². The number of thiazole rings is 1. The first-order valence-corrected chi connectivity index (χ1v) is 9.12. The van der Waals surface area contributed by atoms with E-state index in [1.165, 1.54) is 5.56 Å². The van der Waals surface area contributed by atoms with E-state index < -0.39 is 0 Å². The SMILES string of the molecule is CC.COc1ccc2c(C)cc(-c3csc(NC(C)C)n3)nc2c1. The van der Waals surface area contributed by atoms with E-state index in [2.05, 4.69) is 37.1 Å². The van der Waals surface area contributed by atoms with Gasteiger partial charge in [-0.3, -0.25) is 0 Å². The highest BCUT2D eigenvalue weighted by Gasteiger charge is 2.10. The second kappa shape index (κ2) is 8.11. The van der Waals surface area contributed by atoms with Crippen LogP contribution in [0.1, 0.15) is 33.3 Å². The maximum atomic E-state index is 5.29. The van der Waals surface area contributed by atoms with Crippen LogP contribution in [0.4, 0.5) is 5.13 Å². The lowest BCUT2D eigenvalue weighted by Crippen LogP contribution is -2.09. The summed E-state index contributed by atoms with van der Waals surface area (Å²) in [6.07, 6.45) is 0. The lowest BCUT2D eigenvalue weighted by Gasteiger charge is -2.07. The summed E-state index contributed by atoms with van der Waals surface area (Å²) in [5.41, 5.74) is 3.92. The maximum absolute atomic E-state index is 5.29. The summed E-state index contributed by atoms with van der Waals surface area (Å²) >= 11 is 1.60. The van der Waals surface area contributed by atoms with Gasteiger partial charge >= 0.3 is 0 Å². The highest BCUT2D eigenvalue weighted by atomic mass is 32.1. The molecule has 4 nitrogen and oxygen atoms in total. The molecule has 1 aromatic carbocycles. The molecule has 3 rings (SSSR count). The Morgan fingerprint density at radius 3 is 2.50 bits per heavy atom. The number of hydrogen-bond donors (Lipinski definition) is 1. The summed E-state index contributed by atoms with van der Waals surface area (Å²) in [6.45, 7) is 10.3. The average Bonchev–Trinajstić information content (AvgIpc) is 3.03. The van der Waals surface area contributed by atoms with Crippen molar-refractivity contribution in [3.05, 3.63) is 35.2 Å².